The number of nitrogens with one attached hydrogen (secondary N) is 4. The third-order valence-electron chi connectivity index (χ3n) is 6.14. The Morgan fingerprint density at radius 1 is 0.929 bits per heavy atom. The van der Waals surface area contributed by atoms with Gasteiger partial charge in [-0.3, -0.25) is 19.4 Å². The average molecular weight is 592 g/mol. The van der Waals surface area contributed by atoms with Gasteiger partial charge in [0.1, 0.15) is 18.7 Å². The number of ether oxygens (including phenoxy) is 1. The van der Waals surface area contributed by atoms with E-state index in [-0.39, 0.29) is 49.7 Å². The molecule has 4 amide bonds. The van der Waals surface area contributed by atoms with Crippen molar-refractivity contribution in [3.63, 3.8) is 0 Å². The number of aliphatic hydroxyl groups is 1. The standard InChI is InChI=1S/C29H49N7O6/c1-18(2)14-23(24(37)15-25(38)33-16-19(3)4)35-26(39)20(5)34-27(40)22(12-9-13-32-28(30)31)36-29(41)42-17-21-10-7-6-8-11-21/h6-8,10-11,18-20,22-24,37H,9,12-17H2,1-5H3,(H,33,38)(H,34,40)(H,35,39)(H,36,41)(H4,30,31,32)/t20-,22-,23-,24-/m0/s1. The van der Waals surface area contributed by atoms with E-state index >= 15 is 0 Å². The molecular formula is C29H49N7O6. The molecule has 0 bridgehead atoms. The average Bonchev–Trinajstić information content (AvgIpc) is 2.92. The third-order valence-corrected chi connectivity index (χ3v) is 6.14. The maximum absolute atomic E-state index is 13.1. The highest BCUT2D eigenvalue weighted by molar-refractivity contribution is 5.91. The number of hydrogen-bond acceptors (Lipinski definition) is 7. The number of aliphatic imine (C=N–C) groups is 1. The molecule has 236 valence electrons. The fourth-order valence-electron chi connectivity index (χ4n) is 3.91. The van der Waals surface area contributed by atoms with E-state index in [1.54, 1.807) is 12.1 Å². The van der Waals surface area contributed by atoms with E-state index in [0.717, 1.165) is 5.56 Å². The van der Waals surface area contributed by atoms with Gasteiger partial charge in [-0.05, 0) is 43.6 Å². The summed E-state index contributed by atoms with van der Waals surface area (Å²) in [5.41, 5.74) is 11.5. The third kappa shape index (κ3) is 15.8. The number of nitrogens with zero attached hydrogens (tertiary/aromatic N) is 1. The summed E-state index contributed by atoms with van der Waals surface area (Å²) in [5, 5.41) is 21.4. The Kier molecular flexibility index (Phi) is 16.6. The van der Waals surface area contributed by atoms with Crippen LogP contribution in [0.2, 0.25) is 0 Å². The Bertz CT molecular complexity index is 1010. The van der Waals surface area contributed by atoms with E-state index in [1.165, 1.54) is 6.92 Å². The Morgan fingerprint density at radius 2 is 1.60 bits per heavy atom. The molecular weight excluding hydrogens is 542 g/mol. The lowest BCUT2D eigenvalue weighted by Crippen LogP contribution is -2.55. The molecule has 13 heteroatoms. The molecule has 0 aliphatic heterocycles. The zero-order valence-electron chi connectivity index (χ0n) is 25.4. The predicted molar refractivity (Wildman–Crippen MR) is 161 cm³/mol. The minimum Gasteiger partial charge on any atom is -0.445 e. The Hall–Kier alpha value is -3.87. The molecule has 1 aromatic carbocycles. The normalized spacial score (nSPS) is 13.8. The van der Waals surface area contributed by atoms with Crippen molar-refractivity contribution < 1.29 is 29.0 Å². The predicted octanol–water partition coefficient (Wildman–Crippen LogP) is 0.894. The molecule has 1 rings (SSSR count). The second-order valence-electron chi connectivity index (χ2n) is 11.2. The van der Waals surface area contributed by atoms with Crippen LogP contribution in [0.3, 0.4) is 0 Å². The van der Waals surface area contributed by atoms with Gasteiger partial charge in [-0.15, -0.1) is 0 Å². The van der Waals surface area contributed by atoms with E-state index in [1.807, 2.05) is 45.9 Å². The number of benzene rings is 1. The fourth-order valence-corrected chi connectivity index (χ4v) is 3.91. The first-order valence-electron chi connectivity index (χ1n) is 14.4. The molecule has 0 heterocycles. The Morgan fingerprint density at radius 3 is 2.19 bits per heavy atom. The summed E-state index contributed by atoms with van der Waals surface area (Å²) >= 11 is 0. The monoisotopic (exact) mass is 591 g/mol. The molecule has 42 heavy (non-hydrogen) atoms. The van der Waals surface area contributed by atoms with Crippen molar-refractivity contribution in [1.82, 2.24) is 21.3 Å². The molecule has 1 aromatic rings. The van der Waals surface area contributed by atoms with E-state index in [9.17, 15) is 24.3 Å². The van der Waals surface area contributed by atoms with Crippen molar-refractivity contribution in [2.24, 2.45) is 28.3 Å². The van der Waals surface area contributed by atoms with Gasteiger partial charge in [0.05, 0.1) is 18.6 Å². The number of guanidine groups is 1. The molecule has 4 atom stereocenters. The summed E-state index contributed by atoms with van der Waals surface area (Å²) in [7, 11) is 0. The first kappa shape index (κ1) is 36.2. The van der Waals surface area contributed by atoms with Gasteiger partial charge in [-0.1, -0.05) is 58.0 Å². The van der Waals surface area contributed by atoms with Gasteiger partial charge in [0.15, 0.2) is 5.96 Å². The molecule has 0 unspecified atom stereocenters. The number of rotatable bonds is 18. The van der Waals surface area contributed by atoms with Crippen molar-refractivity contribution in [3.8, 4) is 0 Å². The SMILES string of the molecule is CC(C)CNC(=O)C[C@H](O)[C@H](CC(C)C)NC(=O)[C@H](C)NC(=O)[C@H](CCCN=C(N)N)NC(=O)OCc1ccccc1. The van der Waals surface area contributed by atoms with Gasteiger partial charge in [-0.2, -0.15) is 0 Å². The fraction of sp³-hybridized carbons (Fsp3) is 0.621. The van der Waals surface area contributed by atoms with Gasteiger partial charge in [0.2, 0.25) is 17.7 Å². The molecule has 9 N–H and O–H groups in total. The van der Waals surface area contributed by atoms with Crippen LogP contribution in [0.4, 0.5) is 4.79 Å². The van der Waals surface area contributed by atoms with Crippen molar-refractivity contribution in [2.45, 2.75) is 91.1 Å². The number of alkyl carbamates (subject to hydrolysis) is 1. The van der Waals surface area contributed by atoms with Crippen molar-refractivity contribution in [2.75, 3.05) is 13.1 Å². The van der Waals surface area contributed by atoms with Gasteiger partial charge >= 0.3 is 6.09 Å². The molecule has 0 aliphatic carbocycles. The second-order valence-corrected chi connectivity index (χ2v) is 11.2. The van der Waals surface area contributed by atoms with Crippen LogP contribution >= 0.6 is 0 Å². The molecule has 0 fully saturated rings. The van der Waals surface area contributed by atoms with E-state index in [4.69, 9.17) is 16.2 Å². The number of aliphatic hydroxyl groups excluding tert-OH is 1. The summed E-state index contributed by atoms with van der Waals surface area (Å²) in [6, 6.07) is 6.33. The van der Waals surface area contributed by atoms with Crippen molar-refractivity contribution >= 4 is 29.8 Å². The minimum absolute atomic E-state index is 0.0167. The number of amides is 4. The summed E-state index contributed by atoms with van der Waals surface area (Å²) in [6.07, 6.45) is -1.11. The molecule has 0 saturated carbocycles. The van der Waals surface area contributed by atoms with E-state index in [2.05, 4.69) is 26.3 Å². The zero-order valence-corrected chi connectivity index (χ0v) is 25.4. The van der Waals surface area contributed by atoms with Crippen LogP contribution in [0.15, 0.2) is 35.3 Å². The molecule has 0 spiro atoms. The Balaban J connectivity index is 2.82. The van der Waals surface area contributed by atoms with Gasteiger partial charge in [-0.25, -0.2) is 4.79 Å². The van der Waals surface area contributed by atoms with Gasteiger partial charge in [0, 0.05) is 13.1 Å². The van der Waals surface area contributed by atoms with E-state index < -0.39 is 42.1 Å². The lowest BCUT2D eigenvalue weighted by molar-refractivity contribution is -0.131. The Labute approximate surface area is 248 Å². The van der Waals surface area contributed by atoms with Crippen LogP contribution in [-0.4, -0.2) is 72.2 Å². The van der Waals surface area contributed by atoms with Crippen LogP contribution in [0.1, 0.15) is 65.9 Å². The lowest BCUT2D eigenvalue weighted by Gasteiger charge is -2.28. The zero-order chi connectivity index (χ0) is 31.7. The van der Waals surface area contributed by atoms with Crippen LogP contribution in [0.25, 0.3) is 0 Å². The summed E-state index contributed by atoms with van der Waals surface area (Å²) < 4.78 is 5.25. The maximum Gasteiger partial charge on any atom is 0.408 e. The lowest BCUT2D eigenvalue weighted by atomic mass is 9.96. The first-order chi connectivity index (χ1) is 19.8. The summed E-state index contributed by atoms with van der Waals surface area (Å²) in [4.78, 5) is 54.7. The summed E-state index contributed by atoms with van der Waals surface area (Å²) in [6.45, 7) is 10.0. The number of carbonyl (C=O) groups is 4. The maximum atomic E-state index is 13.1. The molecule has 13 nitrogen and oxygen atoms in total. The molecule has 0 aromatic heterocycles. The summed E-state index contributed by atoms with van der Waals surface area (Å²) in [5.74, 6) is -1.16. The number of carbonyl (C=O) groups excluding carboxylic acids is 4. The van der Waals surface area contributed by atoms with Crippen LogP contribution in [-0.2, 0) is 25.7 Å². The largest absolute Gasteiger partial charge is 0.445 e. The smallest absolute Gasteiger partial charge is 0.408 e. The van der Waals surface area contributed by atoms with Crippen LogP contribution < -0.4 is 32.7 Å². The molecule has 0 saturated heterocycles. The first-order valence-corrected chi connectivity index (χ1v) is 14.4. The van der Waals surface area contributed by atoms with Gasteiger partial charge < -0.3 is 42.6 Å². The molecule has 0 aliphatic rings. The van der Waals surface area contributed by atoms with Crippen molar-refractivity contribution in [3.05, 3.63) is 35.9 Å². The minimum atomic E-state index is -1.12. The quantitative estimate of drug-likeness (QED) is 0.0738. The highest BCUT2D eigenvalue weighted by atomic mass is 16.5. The van der Waals surface area contributed by atoms with Gasteiger partial charge in [0.25, 0.3) is 0 Å². The topological polar surface area (TPSA) is 210 Å². The van der Waals surface area contributed by atoms with Crippen LogP contribution in [0.5, 0.6) is 0 Å². The van der Waals surface area contributed by atoms with Crippen molar-refractivity contribution in [1.29, 1.82) is 0 Å². The highest BCUT2D eigenvalue weighted by Crippen LogP contribution is 2.12. The number of hydrogen-bond donors (Lipinski definition) is 7. The van der Waals surface area contributed by atoms with E-state index in [0.29, 0.717) is 19.4 Å². The number of nitrogens with two attached hydrogens (primary N) is 2. The van der Waals surface area contributed by atoms with Crippen LogP contribution in [0, 0.1) is 11.8 Å². The highest BCUT2D eigenvalue weighted by Gasteiger charge is 2.29. The molecule has 0 radical (unpaired) electrons. The second kappa shape index (κ2) is 19.3.